The molecule has 12 heteroatoms. The number of halogens is 6. The van der Waals surface area contributed by atoms with Crippen molar-refractivity contribution in [3.63, 3.8) is 0 Å². The molecule has 0 N–H and O–H groups in total. The van der Waals surface area contributed by atoms with E-state index >= 15 is 0 Å². The summed E-state index contributed by atoms with van der Waals surface area (Å²) in [5.41, 5.74) is -3.16. The highest BCUT2D eigenvalue weighted by Crippen LogP contribution is 2.37. The zero-order valence-corrected chi connectivity index (χ0v) is 22.1. The molecule has 0 bridgehead atoms. The second kappa shape index (κ2) is 10.6. The van der Waals surface area contributed by atoms with Crippen LogP contribution < -0.4 is 5.56 Å². The molecular formula is C30H22F6N4O2. The van der Waals surface area contributed by atoms with E-state index in [0.29, 0.717) is 29.7 Å². The van der Waals surface area contributed by atoms with Gasteiger partial charge in [0.1, 0.15) is 23.0 Å². The Hall–Kier alpha value is -4.66. The summed E-state index contributed by atoms with van der Waals surface area (Å²) in [6.45, 7) is 1.37. The van der Waals surface area contributed by atoms with Crippen LogP contribution in [0.25, 0.3) is 22.0 Å². The van der Waals surface area contributed by atoms with Crippen LogP contribution in [0.1, 0.15) is 46.2 Å². The number of pyridine rings is 2. The first-order valence-electron chi connectivity index (χ1n) is 12.9. The van der Waals surface area contributed by atoms with E-state index in [2.05, 4.69) is 4.98 Å². The van der Waals surface area contributed by atoms with Gasteiger partial charge in [-0.05, 0) is 53.8 Å². The molecule has 0 fully saturated rings. The van der Waals surface area contributed by atoms with Crippen molar-refractivity contribution in [2.45, 2.75) is 38.8 Å². The van der Waals surface area contributed by atoms with Crippen LogP contribution in [0, 0.1) is 17.2 Å². The summed E-state index contributed by atoms with van der Waals surface area (Å²) in [7, 11) is 0. The topological polar surface area (TPSA) is 79.0 Å². The molecular weight excluding hydrogens is 562 g/mol. The number of benzene rings is 2. The van der Waals surface area contributed by atoms with E-state index in [-0.39, 0.29) is 52.9 Å². The van der Waals surface area contributed by atoms with Gasteiger partial charge < -0.3 is 9.47 Å². The van der Waals surface area contributed by atoms with Gasteiger partial charge in [0.25, 0.3) is 11.5 Å². The Labute approximate surface area is 235 Å². The molecule has 4 aromatic rings. The number of amides is 1. The Morgan fingerprint density at radius 3 is 2.19 bits per heavy atom. The molecule has 0 radical (unpaired) electrons. The van der Waals surface area contributed by atoms with Crippen LogP contribution in [0.5, 0.6) is 0 Å². The first kappa shape index (κ1) is 28.9. The Morgan fingerprint density at radius 2 is 1.60 bits per heavy atom. The molecule has 1 atom stereocenters. The number of hydrogen-bond donors (Lipinski definition) is 0. The van der Waals surface area contributed by atoms with E-state index in [4.69, 9.17) is 0 Å². The van der Waals surface area contributed by atoms with Crippen molar-refractivity contribution >= 4 is 16.8 Å². The highest BCUT2D eigenvalue weighted by Gasteiger charge is 2.38. The SMILES string of the molecule is C[C@@H]1CCn2c(c(-c3ccccc3)c3ccc(C#N)nc3c2=O)C(=O)N(Cc2cc(C(F)(F)F)cc(C(F)(F)F)c2)C1. The molecule has 2 aromatic heterocycles. The Balaban J connectivity index is 1.74. The van der Waals surface area contributed by atoms with Gasteiger partial charge >= 0.3 is 12.4 Å². The summed E-state index contributed by atoms with van der Waals surface area (Å²) < 4.78 is 82.5. The van der Waals surface area contributed by atoms with Crippen molar-refractivity contribution in [3.8, 4) is 17.2 Å². The van der Waals surface area contributed by atoms with Crippen LogP contribution in [-0.4, -0.2) is 26.9 Å². The number of nitrogens with zero attached hydrogens (tertiary/aromatic N) is 4. The van der Waals surface area contributed by atoms with Crippen LogP contribution in [0.15, 0.2) is 65.5 Å². The molecule has 5 rings (SSSR count). The molecule has 0 spiro atoms. The maximum Gasteiger partial charge on any atom is 0.416 e. The van der Waals surface area contributed by atoms with E-state index in [1.807, 2.05) is 6.07 Å². The summed E-state index contributed by atoms with van der Waals surface area (Å²) in [5.74, 6) is -0.981. The zero-order chi connectivity index (χ0) is 30.4. The lowest BCUT2D eigenvalue weighted by Gasteiger charge is -2.32. The summed E-state index contributed by atoms with van der Waals surface area (Å²) in [6, 6.07) is 14.6. The van der Waals surface area contributed by atoms with E-state index in [9.17, 15) is 41.2 Å². The van der Waals surface area contributed by atoms with Crippen LogP contribution >= 0.6 is 0 Å². The van der Waals surface area contributed by atoms with Crippen molar-refractivity contribution in [3.05, 3.63) is 99.1 Å². The van der Waals surface area contributed by atoms with Gasteiger partial charge in [0.15, 0.2) is 0 Å². The molecule has 6 nitrogen and oxygen atoms in total. The second-order valence-corrected chi connectivity index (χ2v) is 10.2. The monoisotopic (exact) mass is 584 g/mol. The Morgan fingerprint density at radius 1 is 0.952 bits per heavy atom. The lowest BCUT2D eigenvalue weighted by molar-refractivity contribution is -0.143. The van der Waals surface area contributed by atoms with Crippen molar-refractivity contribution in [1.29, 1.82) is 5.26 Å². The highest BCUT2D eigenvalue weighted by atomic mass is 19.4. The number of alkyl halides is 6. The Kier molecular flexibility index (Phi) is 7.30. The first-order chi connectivity index (χ1) is 19.8. The molecule has 3 heterocycles. The van der Waals surface area contributed by atoms with Gasteiger partial charge in [-0.15, -0.1) is 0 Å². The number of nitriles is 1. The molecule has 1 aliphatic rings. The maximum absolute atomic E-state index is 14.3. The normalized spacial score (nSPS) is 16.1. The van der Waals surface area contributed by atoms with E-state index < -0.39 is 41.5 Å². The van der Waals surface area contributed by atoms with Crippen molar-refractivity contribution < 1.29 is 31.1 Å². The molecule has 0 saturated carbocycles. The summed E-state index contributed by atoms with van der Waals surface area (Å²) in [4.78, 5) is 33.3. The molecule has 0 unspecified atom stereocenters. The van der Waals surface area contributed by atoms with E-state index in [0.717, 1.165) is 0 Å². The predicted molar refractivity (Wildman–Crippen MR) is 141 cm³/mol. The Bertz CT molecular complexity index is 1760. The predicted octanol–water partition coefficient (Wildman–Crippen LogP) is 6.65. The maximum atomic E-state index is 14.3. The third-order valence-electron chi connectivity index (χ3n) is 7.18. The summed E-state index contributed by atoms with van der Waals surface area (Å²) in [6.07, 6.45) is -9.71. The molecule has 1 aliphatic heterocycles. The number of rotatable bonds is 3. The first-order valence-corrected chi connectivity index (χ1v) is 12.9. The number of carbonyl (C=O) groups is 1. The number of fused-ring (bicyclic) bond motifs is 2. The molecule has 0 saturated heterocycles. The quantitative estimate of drug-likeness (QED) is 0.253. The van der Waals surface area contributed by atoms with Crippen molar-refractivity contribution in [2.75, 3.05) is 6.54 Å². The third-order valence-corrected chi connectivity index (χ3v) is 7.18. The minimum absolute atomic E-state index is 0.00339. The standard InChI is InChI=1S/C30H22F6N4O2/c1-17-9-10-40-26(24(19-5-3-2-4-6-19)23-8-7-22(14-37)38-25(23)27(40)41)28(42)39(15-17)16-18-11-20(29(31,32)33)13-21(12-18)30(34,35)36/h2-8,11-13,17H,9-10,15-16H2,1H3/t17-/m1/s1. The van der Waals surface area contributed by atoms with Crippen molar-refractivity contribution in [2.24, 2.45) is 5.92 Å². The van der Waals surface area contributed by atoms with Gasteiger partial charge in [0.2, 0.25) is 0 Å². The van der Waals surface area contributed by atoms with Crippen LogP contribution in [-0.2, 0) is 25.4 Å². The minimum Gasteiger partial charge on any atom is -0.333 e. The highest BCUT2D eigenvalue weighted by molar-refractivity contribution is 6.07. The van der Waals surface area contributed by atoms with E-state index in [1.54, 1.807) is 37.3 Å². The van der Waals surface area contributed by atoms with Gasteiger partial charge in [0, 0.05) is 30.6 Å². The number of hydrogen-bond acceptors (Lipinski definition) is 4. The minimum atomic E-state index is -5.04. The van der Waals surface area contributed by atoms with Gasteiger partial charge in [-0.1, -0.05) is 37.3 Å². The number of aromatic nitrogens is 2. The van der Waals surface area contributed by atoms with Gasteiger partial charge in [-0.3, -0.25) is 9.59 Å². The second-order valence-electron chi connectivity index (χ2n) is 10.2. The van der Waals surface area contributed by atoms with Gasteiger partial charge in [-0.25, -0.2) is 4.98 Å². The fourth-order valence-corrected chi connectivity index (χ4v) is 5.23. The molecule has 42 heavy (non-hydrogen) atoms. The number of carbonyl (C=O) groups excluding carboxylic acids is 1. The lowest BCUT2D eigenvalue weighted by Crippen LogP contribution is -2.41. The average Bonchev–Trinajstić information content (AvgIpc) is 2.94. The molecule has 0 aliphatic carbocycles. The zero-order valence-electron chi connectivity index (χ0n) is 22.1. The van der Waals surface area contributed by atoms with Crippen LogP contribution in [0.4, 0.5) is 26.3 Å². The van der Waals surface area contributed by atoms with Gasteiger partial charge in [-0.2, -0.15) is 31.6 Å². The fourth-order valence-electron chi connectivity index (χ4n) is 5.23. The molecule has 2 aromatic carbocycles. The summed E-state index contributed by atoms with van der Waals surface area (Å²) >= 11 is 0. The third kappa shape index (κ3) is 5.46. The molecule has 1 amide bonds. The fraction of sp³-hybridized carbons (Fsp3) is 0.267. The van der Waals surface area contributed by atoms with Gasteiger partial charge in [0.05, 0.1) is 11.1 Å². The van der Waals surface area contributed by atoms with Crippen LogP contribution in [0.3, 0.4) is 0 Å². The molecule has 216 valence electrons. The van der Waals surface area contributed by atoms with Crippen molar-refractivity contribution in [1.82, 2.24) is 14.5 Å². The van der Waals surface area contributed by atoms with Crippen LogP contribution in [0.2, 0.25) is 0 Å². The largest absolute Gasteiger partial charge is 0.416 e. The smallest absolute Gasteiger partial charge is 0.333 e. The summed E-state index contributed by atoms with van der Waals surface area (Å²) in [5, 5.41) is 9.65. The lowest BCUT2D eigenvalue weighted by atomic mass is 9.95. The van der Waals surface area contributed by atoms with E-state index in [1.165, 1.54) is 21.6 Å². The average molecular weight is 585 g/mol.